The molecule has 0 aromatic carbocycles. The highest BCUT2D eigenvalue weighted by molar-refractivity contribution is 7.80. The summed E-state index contributed by atoms with van der Waals surface area (Å²) in [4.78, 5) is 12.9. The van der Waals surface area contributed by atoms with Gasteiger partial charge >= 0.3 is 16.4 Å². The lowest BCUT2D eigenvalue weighted by Crippen LogP contribution is -2.60. The molecule has 0 bridgehead atoms. The highest BCUT2D eigenvalue weighted by atomic mass is 32.3. The molecule has 0 aromatic rings. The average Bonchev–Trinajstić information content (AvgIpc) is 3.34. The zero-order chi connectivity index (χ0) is 51.0. The van der Waals surface area contributed by atoms with E-state index in [9.17, 15) is 33.1 Å². The van der Waals surface area contributed by atoms with Crippen molar-refractivity contribution in [2.24, 2.45) is 0 Å². The van der Waals surface area contributed by atoms with Gasteiger partial charge in [-0.15, -0.1) is 0 Å². The number of allylic oxidation sites excluding steroid dienone is 18. The standard InChI is InChI=1S/C57H94O12S/c1-3-5-7-9-11-13-15-17-19-21-23-24-25-26-27-29-31-33-35-37-39-41-43-45-47-65-49-51(50-66-57-55(61)56(69-70(62,63)64)54(60)52(48-58)68-57)67-53(59)46-44-42-40-38-36-34-32-30-28-22-20-18-16-14-12-10-8-6-4-2/h5-8,11-14,17-20,23-24,28,30,34,36,51-52,54-58,60-61H,3-4,9-10,15-16,21-22,25-27,29,31-33,35,37-50H2,1-2H3,(H,62,63,64)/b7-5-,8-6-,13-11-,14-12-,19-17-,20-18-,24-23-,30-28-,36-34-. The van der Waals surface area contributed by atoms with Crippen LogP contribution in [0.15, 0.2) is 109 Å². The van der Waals surface area contributed by atoms with Crippen LogP contribution in [0.25, 0.3) is 0 Å². The van der Waals surface area contributed by atoms with Gasteiger partial charge in [-0.05, 0) is 96.3 Å². The minimum Gasteiger partial charge on any atom is -0.457 e. The van der Waals surface area contributed by atoms with Gasteiger partial charge in [0.05, 0.1) is 19.8 Å². The predicted molar refractivity (Wildman–Crippen MR) is 284 cm³/mol. The lowest BCUT2D eigenvalue weighted by atomic mass is 9.99. The number of hydrogen-bond acceptors (Lipinski definition) is 11. The van der Waals surface area contributed by atoms with Crippen molar-refractivity contribution in [3.05, 3.63) is 109 Å². The van der Waals surface area contributed by atoms with Crippen LogP contribution in [-0.2, 0) is 38.3 Å². The van der Waals surface area contributed by atoms with Crippen molar-refractivity contribution >= 4 is 16.4 Å². The largest absolute Gasteiger partial charge is 0.457 e. The minimum atomic E-state index is -5.08. The van der Waals surface area contributed by atoms with Gasteiger partial charge in [0, 0.05) is 13.0 Å². The molecular formula is C57H94O12S. The number of hydrogen-bond donors (Lipinski definition) is 4. The summed E-state index contributed by atoms with van der Waals surface area (Å²) in [5, 5.41) is 30.8. The molecule has 0 radical (unpaired) electrons. The van der Waals surface area contributed by atoms with E-state index in [1.807, 2.05) is 0 Å². The second-order valence-corrected chi connectivity index (χ2v) is 18.7. The molecule has 1 aliphatic heterocycles. The van der Waals surface area contributed by atoms with E-state index in [1.54, 1.807) is 0 Å². The number of carbonyl (C=O) groups is 1. The molecule has 1 saturated heterocycles. The molecule has 1 rings (SSSR count). The van der Waals surface area contributed by atoms with E-state index < -0.39 is 59.8 Å². The maximum atomic E-state index is 12.9. The highest BCUT2D eigenvalue weighted by Crippen LogP contribution is 2.26. The number of ether oxygens (including phenoxy) is 4. The summed E-state index contributed by atoms with van der Waals surface area (Å²) in [6.45, 7) is 3.71. The molecule has 12 nitrogen and oxygen atoms in total. The molecule has 13 heteroatoms. The van der Waals surface area contributed by atoms with Crippen LogP contribution in [0.2, 0.25) is 0 Å². The molecule has 1 fully saturated rings. The first-order valence-corrected chi connectivity index (χ1v) is 28.0. The van der Waals surface area contributed by atoms with Crippen LogP contribution >= 0.6 is 0 Å². The van der Waals surface area contributed by atoms with Gasteiger partial charge in [-0.1, -0.05) is 187 Å². The first kappa shape index (κ1) is 64.8. The topological polar surface area (TPSA) is 178 Å². The van der Waals surface area contributed by atoms with E-state index in [4.69, 9.17) is 18.9 Å². The summed E-state index contributed by atoms with van der Waals surface area (Å²) in [5.41, 5.74) is 0. The molecule has 0 amide bonds. The molecule has 4 N–H and O–H groups in total. The number of esters is 1. The van der Waals surface area contributed by atoms with Gasteiger partial charge in [-0.2, -0.15) is 8.42 Å². The zero-order valence-corrected chi connectivity index (χ0v) is 43.8. The van der Waals surface area contributed by atoms with Crippen LogP contribution in [0.5, 0.6) is 0 Å². The fourth-order valence-corrected chi connectivity index (χ4v) is 7.96. The molecule has 400 valence electrons. The van der Waals surface area contributed by atoms with Crippen molar-refractivity contribution in [1.82, 2.24) is 0 Å². The maximum Gasteiger partial charge on any atom is 0.397 e. The Balaban J connectivity index is 2.37. The number of rotatable bonds is 45. The van der Waals surface area contributed by atoms with Gasteiger partial charge < -0.3 is 34.3 Å². The summed E-state index contributed by atoms with van der Waals surface area (Å²) >= 11 is 0. The van der Waals surface area contributed by atoms with Crippen LogP contribution in [0.4, 0.5) is 0 Å². The van der Waals surface area contributed by atoms with Crippen LogP contribution in [-0.4, -0.2) is 97.5 Å². The molecule has 0 aliphatic carbocycles. The first-order valence-electron chi connectivity index (χ1n) is 26.6. The van der Waals surface area contributed by atoms with Crippen LogP contribution in [0.1, 0.15) is 181 Å². The number of unbranched alkanes of at least 4 members (excludes halogenated alkanes) is 14. The van der Waals surface area contributed by atoms with E-state index >= 15 is 0 Å². The quantitative estimate of drug-likeness (QED) is 0.0197. The smallest absolute Gasteiger partial charge is 0.397 e. The molecule has 1 aliphatic rings. The van der Waals surface area contributed by atoms with Gasteiger partial charge in [0.1, 0.15) is 30.5 Å². The average molecular weight is 1000 g/mol. The summed E-state index contributed by atoms with van der Waals surface area (Å²) in [6, 6.07) is 0. The van der Waals surface area contributed by atoms with Gasteiger partial charge in [0.2, 0.25) is 0 Å². The van der Waals surface area contributed by atoms with Crippen molar-refractivity contribution in [2.75, 3.05) is 26.4 Å². The molecular weight excluding hydrogens is 909 g/mol. The Hall–Kier alpha value is -3.24. The Morgan fingerprint density at radius 3 is 1.37 bits per heavy atom. The summed E-state index contributed by atoms with van der Waals surface area (Å²) in [5.74, 6) is -0.435. The third-order valence-electron chi connectivity index (χ3n) is 11.4. The fourth-order valence-electron chi connectivity index (χ4n) is 7.45. The Morgan fingerprint density at radius 1 is 0.543 bits per heavy atom. The van der Waals surface area contributed by atoms with E-state index in [0.717, 1.165) is 103 Å². The van der Waals surface area contributed by atoms with Crippen LogP contribution in [0, 0.1) is 0 Å². The normalized spacial score (nSPS) is 20.0. The molecule has 6 unspecified atom stereocenters. The fraction of sp³-hybridized carbons (Fsp3) is 0.667. The summed E-state index contributed by atoms with van der Waals surface area (Å²) < 4.78 is 59.3. The van der Waals surface area contributed by atoms with Crippen molar-refractivity contribution in [3.63, 3.8) is 0 Å². The lowest BCUT2D eigenvalue weighted by Gasteiger charge is -2.41. The number of carbonyl (C=O) groups excluding carboxylic acids is 1. The van der Waals surface area contributed by atoms with Gasteiger partial charge in [0.25, 0.3) is 0 Å². The molecule has 6 atom stereocenters. The zero-order valence-electron chi connectivity index (χ0n) is 43.0. The second-order valence-electron chi connectivity index (χ2n) is 17.7. The van der Waals surface area contributed by atoms with Gasteiger partial charge in [-0.25, -0.2) is 4.18 Å². The van der Waals surface area contributed by atoms with Gasteiger partial charge in [0.15, 0.2) is 6.29 Å². The Kier molecular flexibility index (Phi) is 43.3. The SMILES string of the molecule is CC/C=C\C/C=C\C/C=C\C/C=C\C/C=C\CCCCCC(=O)OC(COCCCCCCCCCCCCC/C=C\C/C=C\C/C=C\C/C=C\CC)COC1OC(CO)C(O)C(OS(=O)(=O)O)C1O. The lowest BCUT2D eigenvalue weighted by molar-refractivity contribution is -0.301. The Bertz CT molecular complexity index is 1630. The van der Waals surface area contributed by atoms with Crippen molar-refractivity contribution in [1.29, 1.82) is 0 Å². The summed E-state index contributed by atoms with van der Waals surface area (Å²) in [7, 11) is -5.08. The third kappa shape index (κ3) is 39.4. The van der Waals surface area contributed by atoms with Crippen LogP contribution in [0.3, 0.4) is 0 Å². The van der Waals surface area contributed by atoms with E-state index in [-0.39, 0.29) is 19.6 Å². The number of aliphatic hydroxyl groups is 3. The molecule has 0 aromatic heterocycles. The van der Waals surface area contributed by atoms with Crippen molar-refractivity contribution in [2.45, 2.75) is 218 Å². The van der Waals surface area contributed by atoms with Crippen LogP contribution < -0.4 is 0 Å². The first-order chi connectivity index (χ1) is 34.1. The Morgan fingerprint density at radius 2 is 0.943 bits per heavy atom. The molecule has 0 spiro atoms. The van der Waals surface area contributed by atoms with Crippen molar-refractivity contribution in [3.8, 4) is 0 Å². The number of aliphatic hydroxyl groups excluding tert-OH is 3. The monoisotopic (exact) mass is 1000 g/mol. The van der Waals surface area contributed by atoms with Gasteiger partial charge in [-0.3, -0.25) is 9.35 Å². The third-order valence-corrected chi connectivity index (χ3v) is 11.9. The summed E-state index contributed by atoms with van der Waals surface area (Å²) in [6.07, 6.45) is 56.9. The molecule has 1 heterocycles. The molecule has 70 heavy (non-hydrogen) atoms. The predicted octanol–water partition coefficient (Wildman–Crippen LogP) is 12.7. The molecule has 0 saturated carbocycles. The maximum absolute atomic E-state index is 12.9. The van der Waals surface area contributed by atoms with Crippen molar-refractivity contribution < 1.29 is 56.2 Å². The van der Waals surface area contributed by atoms with E-state index in [2.05, 4.69) is 127 Å². The minimum absolute atomic E-state index is 0.0130. The highest BCUT2D eigenvalue weighted by Gasteiger charge is 2.48. The van der Waals surface area contributed by atoms with E-state index in [1.165, 1.54) is 51.4 Å². The Labute approximate surface area is 424 Å². The second kappa shape index (κ2) is 46.8. The van der Waals surface area contributed by atoms with E-state index in [0.29, 0.717) is 13.0 Å².